The van der Waals surface area contributed by atoms with E-state index in [0.29, 0.717) is 6.92 Å². The Labute approximate surface area is 298 Å². The molecule has 0 aromatic heterocycles. The van der Waals surface area contributed by atoms with E-state index >= 15 is 26.3 Å². The van der Waals surface area contributed by atoms with E-state index in [1.807, 2.05) is 0 Å². The number of rotatable bonds is 15. The summed E-state index contributed by atoms with van der Waals surface area (Å²) < 4.78 is 184. The number of aliphatic hydroxyl groups is 1. The Hall–Kier alpha value is -0.520. The highest BCUT2D eigenvalue weighted by Gasteiger charge is 2.84. The van der Waals surface area contributed by atoms with Crippen LogP contribution in [0.3, 0.4) is 0 Å². The van der Waals surface area contributed by atoms with Gasteiger partial charge < -0.3 is 19.3 Å². The highest BCUT2D eigenvalue weighted by Crippen LogP contribution is 2.59. The van der Waals surface area contributed by atoms with Gasteiger partial charge in [0.25, 0.3) is 11.2 Å². The van der Waals surface area contributed by atoms with Crippen molar-refractivity contribution < 1.29 is 81.6 Å². The second-order valence-corrected chi connectivity index (χ2v) is 17.3. The van der Waals surface area contributed by atoms with Gasteiger partial charge in [0, 0.05) is 0 Å². The SMILES string of the molecule is CCC(C)(I)C(=O)OC(CC(C)COC(C(F)(F)F)(C(F)(F)F)C(OC(=O)C(C)(I)CC)(C(C)C)C(C)C)C(O)(C(F)(F)F)C(F)(F)F. The van der Waals surface area contributed by atoms with Crippen LogP contribution in [0.5, 0.6) is 0 Å². The molecule has 0 aliphatic heterocycles. The molecule has 0 saturated heterocycles. The second kappa shape index (κ2) is 15.6. The van der Waals surface area contributed by atoms with Gasteiger partial charge in [0.05, 0.1) is 6.61 Å². The molecule has 20 heteroatoms. The van der Waals surface area contributed by atoms with Gasteiger partial charge in [0.2, 0.25) is 0 Å². The molecule has 0 spiro atoms. The maximum Gasteiger partial charge on any atom is 0.430 e. The Morgan fingerprint density at radius 1 is 0.667 bits per heavy atom. The number of alkyl halides is 14. The van der Waals surface area contributed by atoms with Gasteiger partial charge in [-0.05, 0) is 50.9 Å². The summed E-state index contributed by atoms with van der Waals surface area (Å²) >= 11 is 2.83. The van der Waals surface area contributed by atoms with Gasteiger partial charge in [0.1, 0.15) is 12.9 Å². The molecule has 0 aliphatic rings. The smallest absolute Gasteiger partial charge is 0.430 e. The van der Waals surface area contributed by atoms with E-state index in [0.717, 1.165) is 34.6 Å². The maximum absolute atomic E-state index is 15.0. The average Bonchev–Trinajstić information content (AvgIpc) is 2.88. The Balaban J connectivity index is 7.49. The molecule has 0 aliphatic carbocycles. The van der Waals surface area contributed by atoms with Crippen LogP contribution >= 0.6 is 45.2 Å². The first kappa shape index (κ1) is 47.5. The molecular formula is C28H40F12I2O6. The van der Waals surface area contributed by atoms with Crippen molar-refractivity contribution in [3.05, 3.63) is 0 Å². The van der Waals surface area contributed by atoms with Crippen molar-refractivity contribution in [2.24, 2.45) is 17.8 Å². The lowest BCUT2D eigenvalue weighted by Gasteiger charge is -2.54. The van der Waals surface area contributed by atoms with E-state index in [1.54, 1.807) is 0 Å². The Kier molecular flexibility index (Phi) is 15.4. The van der Waals surface area contributed by atoms with Crippen molar-refractivity contribution in [1.82, 2.24) is 0 Å². The van der Waals surface area contributed by atoms with Crippen LogP contribution in [0.1, 0.15) is 81.6 Å². The van der Waals surface area contributed by atoms with E-state index in [1.165, 1.54) is 66.0 Å². The summed E-state index contributed by atoms with van der Waals surface area (Å²) in [6.07, 6.45) is -31.8. The van der Waals surface area contributed by atoms with Crippen molar-refractivity contribution in [2.75, 3.05) is 6.61 Å². The Bertz CT molecular complexity index is 1060. The second-order valence-electron chi connectivity index (χ2n) is 12.6. The van der Waals surface area contributed by atoms with E-state index in [4.69, 9.17) is 4.74 Å². The molecule has 1 N–H and O–H groups in total. The fraction of sp³-hybridized carbons (Fsp3) is 0.929. The number of carbonyl (C=O) groups is 2. The predicted molar refractivity (Wildman–Crippen MR) is 165 cm³/mol. The van der Waals surface area contributed by atoms with Crippen LogP contribution in [0.2, 0.25) is 0 Å². The van der Waals surface area contributed by atoms with Crippen LogP contribution in [-0.4, -0.2) is 78.1 Å². The van der Waals surface area contributed by atoms with Crippen LogP contribution in [0.4, 0.5) is 52.7 Å². The monoisotopic (exact) mass is 954 g/mol. The third-order valence-corrected chi connectivity index (χ3v) is 10.7. The minimum atomic E-state index is -6.59. The molecule has 0 heterocycles. The normalized spacial score (nSPS) is 18.3. The van der Waals surface area contributed by atoms with Gasteiger partial charge in [-0.1, -0.05) is 93.6 Å². The van der Waals surface area contributed by atoms with E-state index in [9.17, 15) is 41.0 Å². The summed E-state index contributed by atoms with van der Waals surface area (Å²) in [4.78, 5) is 25.7. The number of hydrogen-bond acceptors (Lipinski definition) is 6. The molecule has 6 nitrogen and oxygen atoms in total. The standard InChI is InChI=1S/C28H40F12I2O6/c1-10-20(8,41)18(43)47-17(23(45,25(29,30)31)26(32,33)34)12-16(7)13-46-24(27(35,36)37,28(38,39)40)22(14(3)4,15(5)6)48-19(44)21(9,42)11-2/h14-17,45H,10-13H2,1-9H3. The van der Waals surface area contributed by atoms with Gasteiger partial charge in [-0.15, -0.1) is 0 Å². The number of esters is 2. The van der Waals surface area contributed by atoms with Crippen molar-refractivity contribution in [3.8, 4) is 0 Å². The summed E-state index contributed by atoms with van der Waals surface area (Å²) in [6.45, 7) is 7.31. The third-order valence-electron chi connectivity index (χ3n) is 8.29. The number of hydrogen-bond donors (Lipinski definition) is 1. The number of ether oxygens (including phenoxy) is 3. The first-order chi connectivity index (χ1) is 21.0. The molecule has 0 aromatic rings. The van der Waals surface area contributed by atoms with E-state index < -0.39 is 97.2 Å². The molecule has 4 atom stereocenters. The molecular weight excluding hydrogens is 914 g/mol. The number of carbonyl (C=O) groups excluding carboxylic acids is 2. The summed E-state index contributed by atoms with van der Waals surface area (Å²) in [7, 11) is 0. The van der Waals surface area contributed by atoms with Crippen LogP contribution in [0.15, 0.2) is 0 Å². The summed E-state index contributed by atoms with van der Waals surface area (Å²) in [5.41, 5.74) is -14.8. The summed E-state index contributed by atoms with van der Waals surface area (Å²) in [5.74, 6) is -8.91. The molecule has 48 heavy (non-hydrogen) atoms. The lowest BCUT2D eigenvalue weighted by molar-refractivity contribution is -0.437. The summed E-state index contributed by atoms with van der Waals surface area (Å²) in [6, 6.07) is 0. The largest absolute Gasteiger partial charge is 0.458 e. The zero-order valence-corrected chi connectivity index (χ0v) is 31.7. The molecule has 0 aromatic carbocycles. The molecule has 0 fully saturated rings. The van der Waals surface area contributed by atoms with Gasteiger partial charge in [-0.25, -0.2) is 0 Å². The fourth-order valence-corrected chi connectivity index (χ4v) is 5.24. The van der Waals surface area contributed by atoms with Crippen LogP contribution in [-0.2, 0) is 23.8 Å². The van der Waals surface area contributed by atoms with Crippen molar-refractivity contribution in [1.29, 1.82) is 0 Å². The summed E-state index contributed by atoms with van der Waals surface area (Å²) in [5, 5.41) is 10.1. The highest BCUT2D eigenvalue weighted by atomic mass is 127. The van der Waals surface area contributed by atoms with Crippen molar-refractivity contribution in [3.63, 3.8) is 0 Å². The molecule has 0 amide bonds. The first-order valence-electron chi connectivity index (χ1n) is 14.5. The van der Waals surface area contributed by atoms with Crippen LogP contribution < -0.4 is 0 Å². The van der Waals surface area contributed by atoms with Gasteiger partial charge in [-0.2, -0.15) is 52.7 Å². The number of halogens is 14. The zero-order valence-electron chi connectivity index (χ0n) is 27.4. The molecule has 0 radical (unpaired) electrons. The predicted octanol–water partition coefficient (Wildman–Crippen LogP) is 9.46. The molecule has 0 bridgehead atoms. The van der Waals surface area contributed by atoms with Crippen molar-refractivity contribution in [2.45, 2.75) is 136 Å². The lowest BCUT2D eigenvalue weighted by Crippen LogP contribution is -2.77. The molecule has 0 saturated carbocycles. The maximum atomic E-state index is 15.0. The molecule has 0 rings (SSSR count). The first-order valence-corrected chi connectivity index (χ1v) is 16.6. The Morgan fingerprint density at radius 2 is 1.02 bits per heavy atom. The average molecular weight is 954 g/mol. The van der Waals surface area contributed by atoms with Crippen LogP contribution in [0.25, 0.3) is 0 Å². The van der Waals surface area contributed by atoms with E-state index in [-0.39, 0.29) is 12.8 Å². The molecule has 4 unspecified atom stereocenters. The van der Waals surface area contributed by atoms with Gasteiger partial charge >= 0.3 is 36.6 Å². The quantitative estimate of drug-likeness (QED) is 0.0763. The molecule has 286 valence electrons. The minimum Gasteiger partial charge on any atom is -0.458 e. The topological polar surface area (TPSA) is 82.1 Å². The lowest BCUT2D eigenvalue weighted by atomic mass is 9.66. The van der Waals surface area contributed by atoms with Crippen LogP contribution in [0, 0.1) is 17.8 Å². The fourth-order valence-electron chi connectivity index (χ4n) is 5.00. The highest BCUT2D eigenvalue weighted by molar-refractivity contribution is 14.1. The Morgan fingerprint density at radius 3 is 1.31 bits per heavy atom. The van der Waals surface area contributed by atoms with Crippen molar-refractivity contribution >= 4 is 57.1 Å². The van der Waals surface area contributed by atoms with Gasteiger partial charge in [0.15, 0.2) is 5.60 Å². The third kappa shape index (κ3) is 9.09. The van der Waals surface area contributed by atoms with Gasteiger partial charge in [-0.3, -0.25) is 9.59 Å². The zero-order chi connectivity index (χ0) is 38.9. The van der Waals surface area contributed by atoms with E-state index in [2.05, 4.69) is 9.47 Å². The minimum absolute atomic E-state index is 0.0999.